The molecule has 2 N–H and O–H groups in total. The van der Waals surface area contributed by atoms with E-state index in [1.54, 1.807) is 12.1 Å². The molecule has 0 unspecified atom stereocenters. The fourth-order valence-corrected chi connectivity index (χ4v) is 2.51. The lowest BCUT2D eigenvalue weighted by molar-refractivity contribution is -0.141. The summed E-state index contributed by atoms with van der Waals surface area (Å²) in [6.45, 7) is 4.14. The topological polar surface area (TPSA) is 75.6 Å². The number of nitrogens with one attached hydrogen (secondary N) is 2. The Morgan fingerprint density at radius 3 is 1.89 bits per heavy atom. The van der Waals surface area contributed by atoms with Crippen molar-refractivity contribution in [2.75, 3.05) is 10.6 Å². The molecular formula is C19H19F3N6. The third-order valence-corrected chi connectivity index (χ3v) is 3.79. The molecule has 6 nitrogen and oxygen atoms in total. The van der Waals surface area contributed by atoms with Crippen LogP contribution < -0.4 is 10.6 Å². The maximum Gasteiger partial charge on any atom is 0.433 e. The summed E-state index contributed by atoms with van der Waals surface area (Å²) in [5.41, 5.74) is 2.00. The van der Waals surface area contributed by atoms with E-state index in [0.29, 0.717) is 11.4 Å². The Hall–Kier alpha value is -3.23. The summed E-state index contributed by atoms with van der Waals surface area (Å²) < 4.78 is 39.6. The molecule has 0 fully saturated rings. The minimum atomic E-state index is -4.58. The number of hydrogen-bond donors (Lipinski definition) is 2. The molecule has 0 aromatic carbocycles. The van der Waals surface area contributed by atoms with Gasteiger partial charge in [-0.15, -0.1) is 0 Å². The molecule has 0 atom stereocenters. The van der Waals surface area contributed by atoms with Gasteiger partial charge in [-0.05, 0) is 38.1 Å². The van der Waals surface area contributed by atoms with Crippen molar-refractivity contribution in [3.63, 3.8) is 0 Å². The molecule has 3 aromatic rings. The van der Waals surface area contributed by atoms with Gasteiger partial charge in [-0.3, -0.25) is 9.97 Å². The van der Waals surface area contributed by atoms with Crippen molar-refractivity contribution in [1.29, 1.82) is 0 Å². The zero-order chi connectivity index (χ0) is 20.1. The maximum absolute atomic E-state index is 13.2. The van der Waals surface area contributed by atoms with E-state index in [2.05, 4.69) is 30.6 Å². The number of aryl methyl sites for hydroxylation is 2. The Labute approximate surface area is 160 Å². The molecular weight excluding hydrogens is 369 g/mol. The van der Waals surface area contributed by atoms with Crippen molar-refractivity contribution < 1.29 is 13.2 Å². The molecule has 0 aliphatic rings. The van der Waals surface area contributed by atoms with Crippen LogP contribution in [0, 0.1) is 13.8 Å². The maximum atomic E-state index is 13.2. The second kappa shape index (κ2) is 8.20. The van der Waals surface area contributed by atoms with Crippen LogP contribution in [0.2, 0.25) is 0 Å². The van der Waals surface area contributed by atoms with Crippen molar-refractivity contribution in [1.82, 2.24) is 19.9 Å². The van der Waals surface area contributed by atoms with Crippen LogP contribution in [0.5, 0.6) is 0 Å². The monoisotopic (exact) mass is 388 g/mol. The minimum absolute atomic E-state index is 0.0605. The predicted molar refractivity (Wildman–Crippen MR) is 99.6 cm³/mol. The highest BCUT2D eigenvalue weighted by Gasteiger charge is 2.33. The molecule has 146 valence electrons. The van der Waals surface area contributed by atoms with Gasteiger partial charge in [0.2, 0.25) is 5.95 Å². The average Bonchev–Trinajstić information content (AvgIpc) is 2.64. The smallest absolute Gasteiger partial charge is 0.364 e. The Bertz CT molecular complexity index is 891. The van der Waals surface area contributed by atoms with Crippen LogP contribution in [-0.4, -0.2) is 19.9 Å². The largest absolute Gasteiger partial charge is 0.433 e. The van der Waals surface area contributed by atoms with Crippen LogP contribution >= 0.6 is 0 Å². The molecule has 0 spiro atoms. The lowest BCUT2D eigenvalue weighted by Crippen LogP contribution is -2.14. The molecule has 0 radical (unpaired) electrons. The van der Waals surface area contributed by atoms with E-state index in [0.717, 1.165) is 17.5 Å². The van der Waals surface area contributed by atoms with Gasteiger partial charge in [0, 0.05) is 17.5 Å². The number of hydrogen-bond acceptors (Lipinski definition) is 6. The molecule has 0 saturated heterocycles. The van der Waals surface area contributed by atoms with Gasteiger partial charge in [0.15, 0.2) is 5.69 Å². The van der Waals surface area contributed by atoms with Gasteiger partial charge in [-0.25, -0.2) is 4.98 Å². The Morgan fingerprint density at radius 1 is 0.786 bits per heavy atom. The SMILES string of the molecule is Cc1cccc(CNc2cc(C(F)(F)F)nc(NCc3cccc(C)n3)n2)n1. The van der Waals surface area contributed by atoms with E-state index in [1.807, 2.05) is 38.1 Å². The van der Waals surface area contributed by atoms with Crippen LogP contribution in [0.15, 0.2) is 42.5 Å². The second-order valence-electron chi connectivity index (χ2n) is 6.21. The molecule has 0 amide bonds. The van der Waals surface area contributed by atoms with Crippen LogP contribution in [0.4, 0.5) is 24.9 Å². The van der Waals surface area contributed by atoms with Crippen LogP contribution in [0.25, 0.3) is 0 Å². The average molecular weight is 388 g/mol. The highest BCUT2D eigenvalue weighted by Crippen LogP contribution is 2.29. The molecule has 28 heavy (non-hydrogen) atoms. The fourth-order valence-electron chi connectivity index (χ4n) is 2.51. The zero-order valence-corrected chi connectivity index (χ0v) is 15.4. The molecule has 0 aliphatic carbocycles. The third-order valence-electron chi connectivity index (χ3n) is 3.79. The number of anilines is 2. The normalized spacial score (nSPS) is 11.3. The summed E-state index contributed by atoms with van der Waals surface area (Å²) in [7, 11) is 0. The van der Waals surface area contributed by atoms with Gasteiger partial charge >= 0.3 is 6.18 Å². The molecule has 9 heteroatoms. The summed E-state index contributed by atoms with van der Waals surface area (Å²) in [5.74, 6) is -0.0665. The lowest BCUT2D eigenvalue weighted by atomic mass is 10.3. The standard InChI is InChI=1S/C19H19F3N6/c1-12-5-3-7-14(25-12)10-23-17-9-16(19(20,21)22)27-18(28-17)24-11-15-8-4-6-13(2)26-15/h3-9H,10-11H2,1-2H3,(H2,23,24,27,28). The number of aromatic nitrogens is 4. The van der Waals surface area contributed by atoms with E-state index < -0.39 is 11.9 Å². The highest BCUT2D eigenvalue weighted by molar-refractivity contribution is 5.43. The van der Waals surface area contributed by atoms with Crippen LogP contribution in [0.1, 0.15) is 28.5 Å². The van der Waals surface area contributed by atoms with E-state index in [1.165, 1.54) is 0 Å². The summed E-state index contributed by atoms with van der Waals surface area (Å²) in [6, 6.07) is 11.8. The van der Waals surface area contributed by atoms with Crippen LogP contribution in [-0.2, 0) is 19.3 Å². The molecule has 3 heterocycles. The molecule has 3 aromatic heterocycles. The van der Waals surface area contributed by atoms with Crippen molar-refractivity contribution in [3.8, 4) is 0 Å². The Balaban J connectivity index is 1.78. The van der Waals surface area contributed by atoms with Gasteiger partial charge in [0.05, 0.1) is 24.5 Å². The molecule has 0 bridgehead atoms. The van der Waals surface area contributed by atoms with Crippen molar-refractivity contribution in [3.05, 3.63) is 70.9 Å². The third kappa shape index (κ3) is 5.38. The second-order valence-corrected chi connectivity index (χ2v) is 6.21. The Morgan fingerprint density at radius 2 is 1.36 bits per heavy atom. The minimum Gasteiger partial charge on any atom is -0.364 e. The fraction of sp³-hybridized carbons (Fsp3) is 0.263. The van der Waals surface area contributed by atoms with E-state index in [4.69, 9.17) is 0 Å². The van der Waals surface area contributed by atoms with Crippen molar-refractivity contribution >= 4 is 11.8 Å². The summed E-state index contributed by atoms with van der Waals surface area (Å²) >= 11 is 0. The highest BCUT2D eigenvalue weighted by atomic mass is 19.4. The number of nitrogens with zero attached hydrogens (tertiary/aromatic N) is 4. The number of pyridine rings is 2. The van der Waals surface area contributed by atoms with Gasteiger partial charge in [0.25, 0.3) is 0 Å². The predicted octanol–water partition coefficient (Wildman–Crippen LogP) is 4.13. The summed E-state index contributed by atoms with van der Waals surface area (Å²) in [6.07, 6.45) is -4.58. The number of halogens is 3. The van der Waals surface area contributed by atoms with E-state index >= 15 is 0 Å². The first-order valence-electron chi connectivity index (χ1n) is 8.59. The summed E-state index contributed by atoms with van der Waals surface area (Å²) in [4.78, 5) is 16.3. The number of rotatable bonds is 6. The lowest BCUT2D eigenvalue weighted by Gasteiger charge is -2.13. The molecule has 0 aliphatic heterocycles. The zero-order valence-electron chi connectivity index (χ0n) is 15.4. The summed E-state index contributed by atoms with van der Waals surface area (Å²) in [5, 5.41) is 5.69. The quantitative estimate of drug-likeness (QED) is 0.661. The van der Waals surface area contributed by atoms with Gasteiger partial charge < -0.3 is 10.6 Å². The molecule has 3 rings (SSSR count). The van der Waals surface area contributed by atoms with E-state index in [9.17, 15) is 13.2 Å². The Kier molecular flexibility index (Phi) is 5.72. The molecule has 0 saturated carbocycles. The van der Waals surface area contributed by atoms with E-state index in [-0.39, 0.29) is 24.9 Å². The first-order valence-corrected chi connectivity index (χ1v) is 8.59. The van der Waals surface area contributed by atoms with Gasteiger partial charge in [-0.2, -0.15) is 18.2 Å². The first kappa shape index (κ1) is 19.5. The van der Waals surface area contributed by atoms with Gasteiger partial charge in [-0.1, -0.05) is 12.1 Å². The number of alkyl halides is 3. The first-order chi connectivity index (χ1) is 13.3. The van der Waals surface area contributed by atoms with Crippen molar-refractivity contribution in [2.24, 2.45) is 0 Å². The van der Waals surface area contributed by atoms with Gasteiger partial charge in [0.1, 0.15) is 5.82 Å². The van der Waals surface area contributed by atoms with Crippen molar-refractivity contribution in [2.45, 2.75) is 33.1 Å². The van der Waals surface area contributed by atoms with Crippen LogP contribution in [0.3, 0.4) is 0 Å².